The molecule has 3 aromatic rings. The van der Waals surface area contributed by atoms with Crippen molar-refractivity contribution in [1.82, 2.24) is 14.8 Å². The monoisotopic (exact) mass is 582 g/mol. The second-order valence-electron chi connectivity index (χ2n) is 9.19. The van der Waals surface area contributed by atoms with E-state index in [4.69, 9.17) is 35.9 Å². The molecule has 4 rings (SSSR count). The number of nitrogens with zero attached hydrogens (tertiary/aromatic N) is 3. The lowest BCUT2D eigenvalue weighted by Crippen LogP contribution is -2.29. The smallest absolute Gasteiger partial charge is 0.338 e. The predicted molar refractivity (Wildman–Crippen MR) is 159 cm³/mol. The highest BCUT2D eigenvalue weighted by Gasteiger charge is 2.35. The summed E-state index contributed by atoms with van der Waals surface area (Å²) < 4.78 is 19.2. The number of rotatable bonds is 14. The quantitative estimate of drug-likeness (QED) is 0.0923. The molecule has 40 heavy (non-hydrogen) atoms. The summed E-state index contributed by atoms with van der Waals surface area (Å²) in [5.41, 5.74) is 2.86. The van der Waals surface area contributed by atoms with Crippen molar-refractivity contribution in [2.24, 2.45) is 0 Å². The predicted octanol–water partition coefficient (Wildman–Crippen LogP) is 7.21. The highest BCUT2D eigenvalue weighted by molar-refractivity contribution is 7.98. The summed E-state index contributed by atoms with van der Waals surface area (Å²) in [6.45, 7) is 10.8. The van der Waals surface area contributed by atoms with Crippen LogP contribution in [0.25, 0.3) is 0 Å². The van der Waals surface area contributed by atoms with Crippen LogP contribution >= 0.6 is 23.4 Å². The third-order valence-corrected chi connectivity index (χ3v) is 7.54. The van der Waals surface area contributed by atoms with E-state index in [2.05, 4.69) is 18.8 Å². The molecule has 1 aromatic heterocycles. The Labute approximate surface area is 244 Å². The van der Waals surface area contributed by atoms with Gasteiger partial charge in [-0.25, -0.2) is 9.48 Å². The van der Waals surface area contributed by atoms with Crippen molar-refractivity contribution in [3.05, 3.63) is 82.5 Å². The number of benzene rings is 2. The number of unbranched alkanes of at least 4 members (excludes halogenated alkanes) is 2. The molecule has 1 aliphatic rings. The Morgan fingerprint density at radius 2 is 2.00 bits per heavy atom. The average molecular weight is 583 g/mol. The number of allylic oxidation sites excluding steroid dienone is 1. The van der Waals surface area contributed by atoms with Crippen LogP contribution in [0.4, 0.5) is 5.95 Å². The van der Waals surface area contributed by atoms with E-state index in [1.165, 1.54) is 11.8 Å². The van der Waals surface area contributed by atoms with Gasteiger partial charge >= 0.3 is 5.97 Å². The Hall–Kier alpha value is -3.43. The van der Waals surface area contributed by atoms with Crippen molar-refractivity contribution >= 4 is 35.3 Å². The van der Waals surface area contributed by atoms with Gasteiger partial charge in [-0.05, 0) is 49.6 Å². The number of thioether (sulfide) groups is 1. The van der Waals surface area contributed by atoms with Gasteiger partial charge < -0.3 is 19.5 Å². The van der Waals surface area contributed by atoms with Gasteiger partial charge in [0.05, 0.1) is 18.8 Å². The van der Waals surface area contributed by atoms with Gasteiger partial charge in [0, 0.05) is 16.5 Å². The Bertz CT molecular complexity index is 1370. The summed E-state index contributed by atoms with van der Waals surface area (Å²) in [4.78, 5) is 18.0. The maximum absolute atomic E-state index is 13.3. The van der Waals surface area contributed by atoms with E-state index in [0.29, 0.717) is 57.9 Å². The highest BCUT2D eigenvalue weighted by atomic mass is 35.5. The number of hydrogen-bond donors (Lipinski definition) is 1. The Balaban J connectivity index is 1.70. The van der Waals surface area contributed by atoms with Crippen LogP contribution in [-0.2, 0) is 15.3 Å². The van der Waals surface area contributed by atoms with E-state index in [0.717, 1.165) is 30.4 Å². The first kappa shape index (κ1) is 29.6. The molecule has 1 unspecified atom stereocenters. The second-order valence-corrected chi connectivity index (χ2v) is 10.5. The van der Waals surface area contributed by atoms with Gasteiger partial charge in [0.15, 0.2) is 11.5 Å². The molecule has 0 fully saturated rings. The maximum Gasteiger partial charge on any atom is 0.338 e. The molecule has 8 nitrogen and oxygen atoms in total. The third-order valence-electron chi connectivity index (χ3n) is 6.29. The van der Waals surface area contributed by atoms with Crippen molar-refractivity contribution in [2.75, 3.05) is 25.1 Å². The Kier molecular flexibility index (Phi) is 10.5. The first-order chi connectivity index (χ1) is 19.5. The van der Waals surface area contributed by atoms with Crippen LogP contribution in [0.15, 0.2) is 71.5 Å². The number of anilines is 1. The van der Waals surface area contributed by atoms with E-state index >= 15 is 0 Å². The number of hydrogen-bond acceptors (Lipinski definition) is 8. The maximum atomic E-state index is 13.3. The van der Waals surface area contributed by atoms with Gasteiger partial charge in [0.2, 0.25) is 11.1 Å². The van der Waals surface area contributed by atoms with Gasteiger partial charge in [-0.1, -0.05) is 80.0 Å². The minimum atomic E-state index is -0.593. The van der Waals surface area contributed by atoms with Crippen molar-refractivity contribution in [3.63, 3.8) is 0 Å². The molecule has 0 spiro atoms. The number of carbonyl (C=O) groups excluding carboxylic acids is 1. The molecule has 2 aromatic carbocycles. The molecule has 0 saturated carbocycles. The molecule has 0 saturated heterocycles. The number of nitrogens with one attached hydrogen (secondary N) is 1. The Morgan fingerprint density at radius 3 is 2.75 bits per heavy atom. The van der Waals surface area contributed by atoms with Crippen LogP contribution in [0.5, 0.6) is 11.5 Å². The summed E-state index contributed by atoms with van der Waals surface area (Å²) in [7, 11) is 0. The summed E-state index contributed by atoms with van der Waals surface area (Å²) in [5, 5.41) is 9.28. The molecule has 0 bridgehead atoms. The molecule has 212 valence electrons. The number of halogens is 1. The number of carbonyl (C=O) groups is 1. The van der Waals surface area contributed by atoms with Crippen molar-refractivity contribution in [3.8, 4) is 11.5 Å². The SMILES string of the molecule is C=CCOC(=O)C1=C(C)Nc2nc(SCc3ccccc3Cl)nn2C1c1ccc(OCCCCC)c(OCC)c1. The molecular formula is C30H35ClN4O4S. The van der Waals surface area contributed by atoms with Crippen LogP contribution in [0.2, 0.25) is 5.02 Å². The van der Waals surface area contributed by atoms with Crippen LogP contribution in [0.1, 0.15) is 57.2 Å². The number of esters is 1. The van der Waals surface area contributed by atoms with Crippen LogP contribution < -0.4 is 14.8 Å². The molecule has 0 aliphatic carbocycles. The molecule has 1 N–H and O–H groups in total. The molecule has 10 heteroatoms. The van der Waals surface area contributed by atoms with E-state index in [-0.39, 0.29) is 6.61 Å². The zero-order valence-electron chi connectivity index (χ0n) is 23.1. The molecular weight excluding hydrogens is 548 g/mol. The van der Waals surface area contributed by atoms with Gasteiger partial charge in [-0.2, -0.15) is 4.98 Å². The summed E-state index contributed by atoms with van der Waals surface area (Å²) >= 11 is 7.82. The lowest BCUT2D eigenvalue weighted by molar-refractivity contribution is -0.138. The summed E-state index contributed by atoms with van der Waals surface area (Å²) in [6.07, 6.45) is 4.73. The lowest BCUT2D eigenvalue weighted by Gasteiger charge is -2.28. The molecule has 0 radical (unpaired) electrons. The highest BCUT2D eigenvalue weighted by Crippen LogP contribution is 2.40. The van der Waals surface area contributed by atoms with E-state index < -0.39 is 12.0 Å². The molecule has 1 atom stereocenters. The first-order valence-electron chi connectivity index (χ1n) is 13.4. The number of fused-ring (bicyclic) bond motifs is 1. The third kappa shape index (κ3) is 7.01. The zero-order valence-corrected chi connectivity index (χ0v) is 24.7. The minimum Gasteiger partial charge on any atom is -0.490 e. The number of ether oxygens (including phenoxy) is 3. The second kappa shape index (κ2) is 14.3. The fraction of sp³-hybridized carbons (Fsp3) is 0.367. The normalized spacial score (nSPS) is 14.3. The van der Waals surface area contributed by atoms with E-state index in [1.54, 1.807) is 10.8 Å². The topological polar surface area (TPSA) is 87.5 Å². The minimum absolute atomic E-state index is 0.0974. The van der Waals surface area contributed by atoms with Gasteiger partial charge in [0.1, 0.15) is 12.6 Å². The van der Waals surface area contributed by atoms with Crippen molar-refractivity contribution in [1.29, 1.82) is 0 Å². The van der Waals surface area contributed by atoms with Crippen LogP contribution in [0, 0.1) is 0 Å². The van der Waals surface area contributed by atoms with Crippen LogP contribution in [-0.4, -0.2) is 40.6 Å². The standard InChI is InChI=1S/C30H35ClN4O4S/c1-5-8-11-17-38-24-15-14-21(18-25(24)37-7-3)27-26(28(36)39-16-6-2)20(4)32-29-33-30(34-35(27)29)40-19-22-12-9-10-13-23(22)31/h6,9-10,12-15,18,27H,2,5,7-8,11,16-17,19H2,1,3-4H3,(H,32,33,34). The fourth-order valence-electron chi connectivity index (χ4n) is 4.35. The van der Waals surface area contributed by atoms with Crippen molar-refractivity contribution < 1.29 is 19.0 Å². The average Bonchev–Trinajstić information content (AvgIpc) is 3.36. The van der Waals surface area contributed by atoms with Crippen LogP contribution in [0.3, 0.4) is 0 Å². The number of aromatic nitrogens is 3. The van der Waals surface area contributed by atoms with Gasteiger partial charge in [0.25, 0.3) is 0 Å². The Morgan fingerprint density at radius 1 is 1.18 bits per heavy atom. The van der Waals surface area contributed by atoms with Crippen molar-refractivity contribution in [2.45, 2.75) is 57.0 Å². The largest absolute Gasteiger partial charge is 0.490 e. The summed E-state index contributed by atoms with van der Waals surface area (Å²) in [6, 6.07) is 12.8. The summed E-state index contributed by atoms with van der Waals surface area (Å²) in [5.74, 6) is 1.96. The van der Waals surface area contributed by atoms with Gasteiger partial charge in [-0.15, -0.1) is 5.10 Å². The van der Waals surface area contributed by atoms with E-state index in [9.17, 15) is 4.79 Å². The van der Waals surface area contributed by atoms with E-state index in [1.807, 2.05) is 56.3 Å². The molecule has 2 heterocycles. The zero-order chi connectivity index (χ0) is 28.5. The first-order valence-corrected chi connectivity index (χ1v) is 14.8. The lowest BCUT2D eigenvalue weighted by atomic mass is 9.95. The molecule has 0 amide bonds. The van der Waals surface area contributed by atoms with Gasteiger partial charge in [-0.3, -0.25) is 0 Å². The fourth-order valence-corrected chi connectivity index (χ4v) is 5.47. The molecule has 1 aliphatic heterocycles.